The Hall–Kier alpha value is -1.86. The van der Waals surface area contributed by atoms with Crippen LogP contribution in [0, 0.1) is 17.6 Å². The van der Waals surface area contributed by atoms with Gasteiger partial charge in [0.25, 0.3) is 0 Å². The summed E-state index contributed by atoms with van der Waals surface area (Å²) in [5.74, 6) is -2.31. The van der Waals surface area contributed by atoms with Crippen LogP contribution < -0.4 is 0 Å². The summed E-state index contributed by atoms with van der Waals surface area (Å²) in [5.41, 5.74) is -1.84. The van der Waals surface area contributed by atoms with Crippen molar-refractivity contribution in [2.24, 2.45) is 5.92 Å². The van der Waals surface area contributed by atoms with Gasteiger partial charge in [0.2, 0.25) is 0 Å². The van der Waals surface area contributed by atoms with Gasteiger partial charge in [0.1, 0.15) is 29.9 Å². The minimum Gasteiger partial charge on any atom is -0.393 e. The summed E-state index contributed by atoms with van der Waals surface area (Å²) in [7, 11) is 0. The maximum atomic E-state index is 14.1. The first-order valence-corrected chi connectivity index (χ1v) is 6.53. The molecule has 0 spiro atoms. The largest absolute Gasteiger partial charge is 0.393 e. The van der Waals surface area contributed by atoms with Gasteiger partial charge in [-0.3, -0.25) is 0 Å². The Labute approximate surface area is 120 Å². The Kier molecular flexibility index (Phi) is 4.34. The summed E-state index contributed by atoms with van der Waals surface area (Å²) < 4.78 is 28.5. The number of aliphatic hydroxyl groups excluding tert-OH is 1. The maximum absolute atomic E-state index is 14.1. The molecule has 2 aromatic rings. The number of hydrogen-bond acceptors (Lipinski definition) is 4. The molecule has 114 valence electrons. The summed E-state index contributed by atoms with van der Waals surface area (Å²) in [4.78, 5) is 3.77. The Morgan fingerprint density at radius 2 is 2.05 bits per heavy atom. The first kappa shape index (κ1) is 15.5. The molecular weight excluding hydrogens is 280 g/mol. The number of hydrogen-bond donors (Lipinski definition) is 2. The standard InChI is InChI=1S/C14H17F2N3O2/c1-9(10(2)20)14(21,6-19-8-17-7-18-19)12-4-3-11(15)5-13(12)16/h3-5,7-10,20-21H,6H2,1-2H3/t9-,10+,14-/m1/s1. The van der Waals surface area contributed by atoms with Crippen LogP contribution >= 0.6 is 0 Å². The number of nitrogens with zero attached hydrogens (tertiary/aromatic N) is 3. The van der Waals surface area contributed by atoms with Crippen molar-refractivity contribution >= 4 is 0 Å². The predicted octanol–water partition coefficient (Wildman–Crippen LogP) is 1.46. The quantitative estimate of drug-likeness (QED) is 0.876. The average Bonchev–Trinajstić information content (AvgIpc) is 2.89. The molecule has 1 aromatic carbocycles. The molecule has 0 saturated carbocycles. The molecule has 7 heteroatoms. The van der Waals surface area contributed by atoms with Crippen LogP contribution in [0.1, 0.15) is 19.4 Å². The second kappa shape index (κ2) is 5.87. The highest BCUT2D eigenvalue weighted by Gasteiger charge is 2.41. The summed E-state index contributed by atoms with van der Waals surface area (Å²) >= 11 is 0. The van der Waals surface area contributed by atoms with Gasteiger partial charge in [-0.1, -0.05) is 13.0 Å². The predicted molar refractivity (Wildman–Crippen MR) is 71.1 cm³/mol. The number of aromatic nitrogens is 3. The van der Waals surface area contributed by atoms with Crippen LogP contribution in [0.25, 0.3) is 0 Å². The molecule has 0 bridgehead atoms. The van der Waals surface area contributed by atoms with E-state index in [9.17, 15) is 19.0 Å². The number of benzene rings is 1. The summed E-state index contributed by atoms with van der Waals surface area (Å²) in [5, 5.41) is 24.6. The lowest BCUT2D eigenvalue weighted by atomic mass is 9.79. The highest BCUT2D eigenvalue weighted by molar-refractivity contribution is 5.26. The zero-order valence-corrected chi connectivity index (χ0v) is 11.7. The second-order valence-electron chi connectivity index (χ2n) is 5.17. The zero-order chi connectivity index (χ0) is 15.6. The van der Waals surface area contributed by atoms with Crippen molar-refractivity contribution in [3.63, 3.8) is 0 Å². The van der Waals surface area contributed by atoms with Crippen molar-refractivity contribution in [1.29, 1.82) is 0 Å². The van der Waals surface area contributed by atoms with E-state index >= 15 is 0 Å². The first-order chi connectivity index (χ1) is 9.84. The van der Waals surface area contributed by atoms with E-state index in [1.54, 1.807) is 6.92 Å². The fourth-order valence-corrected chi connectivity index (χ4v) is 2.28. The highest BCUT2D eigenvalue weighted by Crippen LogP contribution is 2.35. The number of aliphatic hydroxyl groups is 2. The van der Waals surface area contributed by atoms with Gasteiger partial charge in [-0.25, -0.2) is 18.4 Å². The molecule has 0 aliphatic carbocycles. The lowest BCUT2D eigenvalue weighted by Gasteiger charge is -2.36. The molecule has 0 unspecified atom stereocenters. The van der Waals surface area contributed by atoms with Crippen LogP contribution in [0.15, 0.2) is 30.9 Å². The normalized spacial score (nSPS) is 17.2. The van der Waals surface area contributed by atoms with Crippen LogP contribution in [0.2, 0.25) is 0 Å². The van der Waals surface area contributed by atoms with Gasteiger partial charge in [-0.15, -0.1) is 0 Å². The molecule has 3 atom stereocenters. The third-order valence-corrected chi connectivity index (χ3v) is 3.74. The molecule has 21 heavy (non-hydrogen) atoms. The van der Waals surface area contributed by atoms with Gasteiger partial charge in [0.05, 0.1) is 12.6 Å². The van der Waals surface area contributed by atoms with Crippen molar-refractivity contribution < 1.29 is 19.0 Å². The smallest absolute Gasteiger partial charge is 0.137 e. The van der Waals surface area contributed by atoms with Gasteiger partial charge in [-0.05, 0) is 13.0 Å². The molecule has 5 nitrogen and oxygen atoms in total. The minimum absolute atomic E-state index is 0.0900. The van der Waals surface area contributed by atoms with Gasteiger partial charge in [0.15, 0.2) is 0 Å². The molecule has 1 aromatic heterocycles. The topological polar surface area (TPSA) is 71.2 Å². The van der Waals surface area contributed by atoms with Crippen molar-refractivity contribution in [3.8, 4) is 0 Å². The van der Waals surface area contributed by atoms with Crippen molar-refractivity contribution in [1.82, 2.24) is 14.8 Å². The third kappa shape index (κ3) is 3.08. The second-order valence-corrected chi connectivity index (χ2v) is 5.17. The van der Waals surface area contributed by atoms with Gasteiger partial charge in [-0.2, -0.15) is 5.10 Å². The Morgan fingerprint density at radius 1 is 1.33 bits per heavy atom. The molecule has 1 heterocycles. The van der Waals surface area contributed by atoms with Gasteiger partial charge < -0.3 is 10.2 Å². The summed E-state index contributed by atoms with van der Waals surface area (Å²) in [6, 6.07) is 2.95. The lowest BCUT2D eigenvalue weighted by Crippen LogP contribution is -2.43. The fourth-order valence-electron chi connectivity index (χ4n) is 2.28. The minimum atomic E-state index is -1.75. The highest BCUT2D eigenvalue weighted by atomic mass is 19.1. The van der Waals surface area contributed by atoms with E-state index in [2.05, 4.69) is 10.1 Å². The third-order valence-electron chi connectivity index (χ3n) is 3.74. The van der Waals surface area contributed by atoms with E-state index in [1.165, 1.54) is 30.3 Å². The van der Waals surface area contributed by atoms with E-state index in [0.29, 0.717) is 6.07 Å². The molecule has 0 fully saturated rings. The maximum Gasteiger partial charge on any atom is 0.137 e. The Morgan fingerprint density at radius 3 is 2.57 bits per heavy atom. The molecule has 0 aliphatic heterocycles. The molecule has 2 rings (SSSR count). The van der Waals surface area contributed by atoms with E-state index in [0.717, 1.165) is 6.07 Å². The number of halogens is 2. The zero-order valence-electron chi connectivity index (χ0n) is 11.7. The van der Waals surface area contributed by atoms with Crippen LogP contribution in [-0.2, 0) is 12.1 Å². The first-order valence-electron chi connectivity index (χ1n) is 6.53. The van der Waals surface area contributed by atoms with E-state index in [-0.39, 0.29) is 12.1 Å². The molecule has 0 radical (unpaired) electrons. The SMILES string of the molecule is C[C@H](O)[C@@H](C)[C@](O)(Cn1cncn1)c1ccc(F)cc1F. The molecular formula is C14H17F2N3O2. The van der Waals surface area contributed by atoms with E-state index in [1.807, 2.05) is 0 Å². The summed E-state index contributed by atoms with van der Waals surface area (Å²) in [6.07, 6.45) is 1.76. The molecule has 0 saturated heterocycles. The van der Waals surface area contributed by atoms with Crippen molar-refractivity contribution in [3.05, 3.63) is 48.1 Å². The van der Waals surface area contributed by atoms with Crippen LogP contribution in [0.3, 0.4) is 0 Å². The molecule has 2 N–H and O–H groups in total. The molecule has 0 amide bonds. The fraction of sp³-hybridized carbons (Fsp3) is 0.429. The van der Waals surface area contributed by atoms with Gasteiger partial charge in [0, 0.05) is 17.5 Å². The number of rotatable bonds is 5. The van der Waals surface area contributed by atoms with Gasteiger partial charge >= 0.3 is 0 Å². The summed E-state index contributed by atoms with van der Waals surface area (Å²) in [6.45, 7) is 2.98. The average molecular weight is 297 g/mol. The Bertz CT molecular complexity index is 604. The van der Waals surface area contributed by atoms with Crippen LogP contribution in [-0.4, -0.2) is 31.1 Å². The Balaban J connectivity index is 2.49. The van der Waals surface area contributed by atoms with Crippen LogP contribution in [0.5, 0.6) is 0 Å². The van der Waals surface area contributed by atoms with Crippen LogP contribution in [0.4, 0.5) is 8.78 Å². The van der Waals surface area contributed by atoms with E-state index < -0.39 is 29.3 Å². The van der Waals surface area contributed by atoms with Crippen molar-refractivity contribution in [2.75, 3.05) is 0 Å². The lowest BCUT2D eigenvalue weighted by molar-refractivity contribution is -0.0800. The molecule has 0 aliphatic rings. The van der Waals surface area contributed by atoms with Crippen molar-refractivity contribution in [2.45, 2.75) is 32.1 Å². The van der Waals surface area contributed by atoms with E-state index in [4.69, 9.17) is 0 Å². The monoisotopic (exact) mass is 297 g/mol.